The van der Waals surface area contributed by atoms with Crippen LogP contribution in [0.4, 0.5) is 5.95 Å². The summed E-state index contributed by atoms with van der Waals surface area (Å²) in [6, 6.07) is 5.11. The van der Waals surface area contributed by atoms with Gasteiger partial charge in [0.05, 0.1) is 6.26 Å². The maximum absolute atomic E-state index is 5.76. The first kappa shape index (κ1) is 9.17. The van der Waals surface area contributed by atoms with Crippen molar-refractivity contribution in [3.63, 3.8) is 0 Å². The zero-order chi connectivity index (χ0) is 11.1. The summed E-state index contributed by atoms with van der Waals surface area (Å²) in [6.45, 7) is 0. The molecule has 16 heavy (non-hydrogen) atoms. The molecule has 0 spiro atoms. The van der Waals surface area contributed by atoms with E-state index in [1.54, 1.807) is 28.9 Å². The molecule has 0 fully saturated rings. The topological polar surface area (TPSA) is 82.2 Å². The lowest BCUT2D eigenvalue weighted by Gasteiger charge is -2.00. The fourth-order valence-corrected chi connectivity index (χ4v) is 1.66. The van der Waals surface area contributed by atoms with Gasteiger partial charge in [-0.05, 0) is 12.1 Å². The van der Waals surface area contributed by atoms with Gasteiger partial charge >= 0.3 is 0 Å². The monoisotopic (exact) mass is 235 g/mol. The molecule has 3 heterocycles. The second kappa shape index (κ2) is 3.21. The second-order valence-corrected chi connectivity index (χ2v) is 3.52. The van der Waals surface area contributed by atoms with E-state index in [0.29, 0.717) is 17.2 Å². The number of nitrogens with zero attached hydrogens (tertiary/aromatic N) is 4. The zero-order valence-electron chi connectivity index (χ0n) is 7.96. The van der Waals surface area contributed by atoms with Crippen LogP contribution in [0.15, 0.2) is 28.9 Å². The Morgan fingerprint density at radius 3 is 3.00 bits per heavy atom. The van der Waals surface area contributed by atoms with E-state index in [2.05, 4.69) is 15.2 Å². The van der Waals surface area contributed by atoms with Gasteiger partial charge in [0, 0.05) is 6.07 Å². The number of hydrogen-bond donors (Lipinski definition) is 1. The molecule has 0 saturated heterocycles. The minimum absolute atomic E-state index is 0.221. The Kier molecular flexibility index (Phi) is 1.84. The quantitative estimate of drug-likeness (QED) is 0.648. The van der Waals surface area contributed by atoms with Crippen LogP contribution >= 0.6 is 11.6 Å². The van der Waals surface area contributed by atoms with Crippen LogP contribution < -0.4 is 5.73 Å². The summed E-state index contributed by atoms with van der Waals surface area (Å²) in [4.78, 5) is 3.93. The first-order valence-corrected chi connectivity index (χ1v) is 4.84. The third-order valence-electron chi connectivity index (χ3n) is 2.13. The van der Waals surface area contributed by atoms with E-state index in [-0.39, 0.29) is 11.1 Å². The van der Waals surface area contributed by atoms with Crippen LogP contribution in [0.5, 0.6) is 0 Å². The Labute approximate surface area is 94.7 Å². The van der Waals surface area contributed by atoms with E-state index in [1.165, 1.54) is 0 Å². The van der Waals surface area contributed by atoms with Gasteiger partial charge in [-0.25, -0.2) is 9.38 Å². The Morgan fingerprint density at radius 1 is 1.38 bits per heavy atom. The van der Waals surface area contributed by atoms with Crippen molar-refractivity contribution < 1.29 is 4.42 Å². The van der Waals surface area contributed by atoms with Crippen molar-refractivity contribution in [1.82, 2.24) is 19.6 Å². The number of halogens is 1. The zero-order valence-corrected chi connectivity index (χ0v) is 8.72. The number of nitrogen functional groups attached to an aromatic ring is 1. The summed E-state index contributed by atoms with van der Waals surface area (Å²) in [5, 5.41) is 8.21. The first-order valence-electron chi connectivity index (χ1n) is 4.47. The minimum Gasteiger partial charge on any atom is -0.461 e. The van der Waals surface area contributed by atoms with Gasteiger partial charge < -0.3 is 10.2 Å². The van der Waals surface area contributed by atoms with Gasteiger partial charge in [-0.2, -0.15) is 0 Å². The molecule has 0 unspecified atom stereocenters. The average Bonchev–Trinajstić information content (AvgIpc) is 2.82. The third-order valence-corrected chi connectivity index (χ3v) is 2.32. The highest BCUT2D eigenvalue weighted by Gasteiger charge is 2.13. The van der Waals surface area contributed by atoms with Crippen molar-refractivity contribution in [1.29, 1.82) is 0 Å². The highest BCUT2D eigenvalue weighted by molar-refractivity contribution is 6.29. The highest BCUT2D eigenvalue weighted by Crippen LogP contribution is 2.22. The maximum Gasteiger partial charge on any atom is 0.209 e. The van der Waals surface area contributed by atoms with Crippen LogP contribution in [0, 0.1) is 0 Å². The molecule has 3 aromatic heterocycles. The molecule has 0 saturated carbocycles. The van der Waals surface area contributed by atoms with Crippen molar-refractivity contribution in [2.75, 3.05) is 5.73 Å². The molecule has 0 atom stereocenters. The van der Waals surface area contributed by atoms with E-state index >= 15 is 0 Å². The predicted molar refractivity (Wildman–Crippen MR) is 57.9 cm³/mol. The largest absolute Gasteiger partial charge is 0.461 e. The van der Waals surface area contributed by atoms with E-state index in [9.17, 15) is 0 Å². The van der Waals surface area contributed by atoms with Crippen LogP contribution in [-0.2, 0) is 0 Å². The molecule has 0 aliphatic heterocycles. The SMILES string of the molecule is Nc1nc(Cl)cc2nnc(-c3ccco3)n12. The molecular formula is C9H6ClN5O. The third kappa shape index (κ3) is 1.24. The van der Waals surface area contributed by atoms with E-state index in [0.717, 1.165) is 0 Å². The molecule has 3 aromatic rings. The molecule has 0 aliphatic rings. The van der Waals surface area contributed by atoms with Crippen LogP contribution in [0.3, 0.4) is 0 Å². The molecule has 80 valence electrons. The highest BCUT2D eigenvalue weighted by atomic mass is 35.5. The molecule has 0 aromatic carbocycles. The Hall–Kier alpha value is -2.08. The molecule has 0 aliphatic carbocycles. The first-order chi connectivity index (χ1) is 7.75. The summed E-state index contributed by atoms with van der Waals surface area (Å²) in [6.07, 6.45) is 1.55. The van der Waals surface area contributed by atoms with Crippen molar-refractivity contribution >= 4 is 23.2 Å². The summed E-state index contributed by atoms with van der Waals surface area (Å²) in [5.41, 5.74) is 6.29. The number of hydrogen-bond acceptors (Lipinski definition) is 5. The molecule has 2 N–H and O–H groups in total. The average molecular weight is 236 g/mol. The maximum atomic E-state index is 5.76. The van der Waals surface area contributed by atoms with Gasteiger partial charge in [0.2, 0.25) is 11.8 Å². The van der Waals surface area contributed by atoms with Gasteiger partial charge in [-0.15, -0.1) is 10.2 Å². The Bertz CT molecular complexity index is 645. The smallest absolute Gasteiger partial charge is 0.209 e. The molecular weight excluding hydrogens is 230 g/mol. The minimum atomic E-state index is 0.221. The number of fused-ring (bicyclic) bond motifs is 1. The standard InChI is InChI=1S/C9H6ClN5O/c10-6-4-7-13-14-8(5-2-1-3-16-5)15(7)9(11)12-6/h1-4H,(H2,11,12). The van der Waals surface area contributed by atoms with E-state index in [4.69, 9.17) is 21.8 Å². The van der Waals surface area contributed by atoms with Gasteiger partial charge in [0.25, 0.3) is 0 Å². The molecule has 3 rings (SSSR count). The lowest BCUT2D eigenvalue weighted by Crippen LogP contribution is -2.01. The lowest BCUT2D eigenvalue weighted by molar-refractivity contribution is 0.576. The van der Waals surface area contributed by atoms with Crippen molar-refractivity contribution in [3.8, 4) is 11.6 Å². The van der Waals surface area contributed by atoms with Crippen LogP contribution in [0.1, 0.15) is 0 Å². The summed E-state index contributed by atoms with van der Waals surface area (Å²) < 4.78 is 6.81. The molecule has 7 heteroatoms. The van der Waals surface area contributed by atoms with Crippen LogP contribution in [0.25, 0.3) is 17.2 Å². The van der Waals surface area contributed by atoms with Crippen molar-refractivity contribution in [3.05, 3.63) is 29.6 Å². The molecule has 0 bridgehead atoms. The van der Waals surface area contributed by atoms with Crippen LogP contribution in [-0.4, -0.2) is 19.6 Å². The fourth-order valence-electron chi connectivity index (χ4n) is 1.48. The molecule has 0 radical (unpaired) electrons. The molecule has 0 amide bonds. The fraction of sp³-hybridized carbons (Fsp3) is 0. The summed E-state index contributed by atoms with van der Waals surface area (Å²) in [7, 11) is 0. The van der Waals surface area contributed by atoms with Crippen molar-refractivity contribution in [2.24, 2.45) is 0 Å². The Morgan fingerprint density at radius 2 is 2.25 bits per heavy atom. The Balaban J connectivity index is 2.36. The normalized spacial score (nSPS) is 11.1. The van der Waals surface area contributed by atoms with Gasteiger partial charge in [0.1, 0.15) is 5.15 Å². The summed E-state index contributed by atoms with van der Waals surface area (Å²) in [5.74, 6) is 1.30. The molecule has 6 nitrogen and oxygen atoms in total. The van der Waals surface area contributed by atoms with Crippen molar-refractivity contribution in [2.45, 2.75) is 0 Å². The number of rotatable bonds is 1. The van der Waals surface area contributed by atoms with E-state index < -0.39 is 0 Å². The number of aromatic nitrogens is 4. The number of nitrogens with two attached hydrogens (primary N) is 1. The number of anilines is 1. The van der Waals surface area contributed by atoms with E-state index in [1.807, 2.05) is 0 Å². The second-order valence-electron chi connectivity index (χ2n) is 3.13. The van der Waals surface area contributed by atoms with Gasteiger partial charge in [0.15, 0.2) is 11.4 Å². The van der Waals surface area contributed by atoms with Gasteiger partial charge in [-0.1, -0.05) is 11.6 Å². The lowest BCUT2D eigenvalue weighted by atomic mass is 10.4. The van der Waals surface area contributed by atoms with Gasteiger partial charge in [-0.3, -0.25) is 0 Å². The van der Waals surface area contributed by atoms with Crippen LogP contribution in [0.2, 0.25) is 5.15 Å². The number of furan rings is 1. The summed E-state index contributed by atoms with van der Waals surface area (Å²) >= 11 is 5.76. The predicted octanol–water partition coefficient (Wildman–Crippen LogP) is 1.62.